The average Bonchev–Trinajstić information content (AvgIpc) is 3.03. The number of anilines is 1. The zero-order valence-electron chi connectivity index (χ0n) is 17.6. The third-order valence-electron chi connectivity index (χ3n) is 4.43. The van der Waals surface area contributed by atoms with Crippen LogP contribution in [0.2, 0.25) is 0 Å². The van der Waals surface area contributed by atoms with Crippen molar-refractivity contribution in [2.75, 3.05) is 25.6 Å². The molecule has 1 aliphatic rings. The van der Waals surface area contributed by atoms with Crippen molar-refractivity contribution in [3.63, 3.8) is 0 Å². The molecule has 0 spiro atoms. The van der Waals surface area contributed by atoms with E-state index < -0.39 is 34.3 Å². The van der Waals surface area contributed by atoms with Gasteiger partial charge in [-0.25, -0.2) is 0 Å². The van der Waals surface area contributed by atoms with Gasteiger partial charge in [0.1, 0.15) is 12.3 Å². The summed E-state index contributed by atoms with van der Waals surface area (Å²) in [7, 11) is 1.22. The Morgan fingerprint density at radius 1 is 1.27 bits per heavy atom. The van der Waals surface area contributed by atoms with E-state index in [0.717, 1.165) is 23.1 Å². The molecule has 2 N–H and O–H groups in total. The van der Waals surface area contributed by atoms with Gasteiger partial charge in [-0.3, -0.25) is 29.4 Å². The van der Waals surface area contributed by atoms with Crippen molar-refractivity contribution < 1.29 is 33.9 Å². The number of thioether (sulfide) groups is 1. The molecule has 3 amide bonds. The fraction of sp³-hybridized carbons (Fsp3) is 0.190. The third-order valence-corrected chi connectivity index (χ3v) is 5.34. The molecule has 12 heteroatoms. The maximum absolute atomic E-state index is 12.7. The summed E-state index contributed by atoms with van der Waals surface area (Å²) < 4.78 is 10.2. The first-order valence-corrected chi connectivity index (χ1v) is 10.4. The monoisotopic (exact) mass is 473 g/mol. The van der Waals surface area contributed by atoms with Gasteiger partial charge in [0.2, 0.25) is 5.91 Å². The Bertz CT molecular complexity index is 1150. The highest BCUT2D eigenvalue weighted by atomic mass is 32.2. The van der Waals surface area contributed by atoms with Crippen LogP contribution in [-0.4, -0.2) is 52.2 Å². The van der Waals surface area contributed by atoms with Crippen LogP contribution >= 0.6 is 11.8 Å². The molecule has 0 saturated carbocycles. The number of rotatable bonds is 8. The van der Waals surface area contributed by atoms with Crippen LogP contribution in [0.25, 0.3) is 6.08 Å². The summed E-state index contributed by atoms with van der Waals surface area (Å²) in [4.78, 5) is 48.4. The molecule has 1 saturated heterocycles. The Morgan fingerprint density at radius 3 is 2.58 bits per heavy atom. The van der Waals surface area contributed by atoms with Crippen LogP contribution in [0.1, 0.15) is 12.5 Å². The molecule has 0 atom stereocenters. The van der Waals surface area contributed by atoms with E-state index in [9.17, 15) is 29.6 Å². The second kappa shape index (κ2) is 10.0. The number of phenols is 1. The van der Waals surface area contributed by atoms with Crippen LogP contribution in [0, 0.1) is 10.1 Å². The molecule has 1 aliphatic heterocycles. The minimum Gasteiger partial charge on any atom is -0.504 e. The number of carbonyl (C=O) groups is 3. The minimum absolute atomic E-state index is 0.0783. The van der Waals surface area contributed by atoms with Gasteiger partial charge in [0.15, 0.2) is 11.5 Å². The van der Waals surface area contributed by atoms with Gasteiger partial charge in [0.05, 0.1) is 29.6 Å². The van der Waals surface area contributed by atoms with E-state index in [1.807, 2.05) is 6.92 Å². The normalized spacial score (nSPS) is 14.5. The lowest BCUT2D eigenvalue weighted by molar-refractivity contribution is -0.385. The SMILES string of the molecule is CCOc1ccc(NC(=O)CN2C(=O)S/C(=C/c3cc([N+](=O)[O-])cc(OC)c3O)C2=O)cc1. The number of nitrogens with one attached hydrogen (secondary N) is 1. The molecule has 33 heavy (non-hydrogen) atoms. The first kappa shape index (κ1) is 23.6. The lowest BCUT2D eigenvalue weighted by atomic mass is 10.1. The average molecular weight is 473 g/mol. The first-order chi connectivity index (χ1) is 15.7. The molecule has 2 aromatic rings. The number of imide groups is 1. The maximum Gasteiger partial charge on any atom is 0.294 e. The molecule has 2 aromatic carbocycles. The van der Waals surface area contributed by atoms with E-state index in [4.69, 9.17) is 9.47 Å². The van der Waals surface area contributed by atoms with Crippen LogP contribution in [0.15, 0.2) is 41.3 Å². The van der Waals surface area contributed by atoms with E-state index in [2.05, 4.69) is 5.32 Å². The number of non-ortho nitro benzene ring substituents is 1. The van der Waals surface area contributed by atoms with Crippen molar-refractivity contribution in [2.24, 2.45) is 0 Å². The molecule has 0 radical (unpaired) electrons. The topological polar surface area (TPSA) is 148 Å². The van der Waals surface area contributed by atoms with Crippen molar-refractivity contribution in [1.82, 2.24) is 4.90 Å². The highest BCUT2D eigenvalue weighted by molar-refractivity contribution is 8.18. The number of aromatic hydroxyl groups is 1. The summed E-state index contributed by atoms with van der Waals surface area (Å²) in [6.45, 7) is 1.82. The number of nitrogens with zero attached hydrogens (tertiary/aromatic N) is 2. The third kappa shape index (κ3) is 5.41. The van der Waals surface area contributed by atoms with Crippen molar-refractivity contribution in [2.45, 2.75) is 6.92 Å². The lowest BCUT2D eigenvalue weighted by Crippen LogP contribution is -2.36. The molecular weight excluding hydrogens is 454 g/mol. The van der Waals surface area contributed by atoms with Crippen LogP contribution in [-0.2, 0) is 9.59 Å². The predicted octanol–water partition coefficient (Wildman–Crippen LogP) is 3.38. The molecule has 1 fully saturated rings. The number of carbonyl (C=O) groups excluding carboxylic acids is 3. The van der Waals surface area contributed by atoms with Crippen LogP contribution in [0.3, 0.4) is 0 Å². The van der Waals surface area contributed by atoms with Gasteiger partial charge in [-0.15, -0.1) is 0 Å². The molecule has 172 valence electrons. The molecular formula is C21H19N3O8S. The Hall–Kier alpha value is -4.06. The molecule has 3 rings (SSSR count). The van der Waals surface area contributed by atoms with E-state index in [-0.39, 0.29) is 21.9 Å². The van der Waals surface area contributed by atoms with Crippen LogP contribution in [0.4, 0.5) is 16.2 Å². The Morgan fingerprint density at radius 2 is 1.97 bits per heavy atom. The maximum atomic E-state index is 12.7. The predicted molar refractivity (Wildman–Crippen MR) is 120 cm³/mol. The summed E-state index contributed by atoms with van der Waals surface area (Å²) in [6.07, 6.45) is 1.14. The minimum atomic E-state index is -0.767. The smallest absolute Gasteiger partial charge is 0.294 e. The van der Waals surface area contributed by atoms with Gasteiger partial charge in [0, 0.05) is 17.3 Å². The van der Waals surface area contributed by atoms with Gasteiger partial charge in [-0.2, -0.15) is 0 Å². The van der Waals surface area contributed by atoms with Crippen molar-refractivity contribution >= 4 is 46.3 Å². The van der Waals surface area contributed by atoms with Crippen molar-refractivity contribution in [3.8, 4) is 17.2 Å². The van der Waals surface area contributed by atoms with Crippen molar-refractivity contribution in [3.05, 3.63) is 57.0 Å². The summed E-state index contributed by atoms with van der Waals surface area (Å²) in [6, 6.07) is 8.65. The second-order valence-corrected chi connectivity index (χ2v) is 7.61. The Labute approximate surface area is 192 Å². The zero-order valence-corrected chi connectivity index (χ0v) is 18.4. The zero-order chi connectivity index (χ0) is 24.1. The number of hydrogen-bond donors (Lipinski definition) is 2. The highest BCUT2D eigenvalue weighted by Crippen LogP contribution is 2.39. The molecule has 0 aromatic heterocycles. The Balaban J connectivity index is 1.75. The number of amides is 3. The quantitative estimate of drug-likeness (QED) is 0.334. The van der Waals surface area contributed by atoms with E-state index >= 15 is 0 Å². The standard InChI is InChI=1S/C21H19N3O8S/c1-3-32-15-6-4-13(5-7-15)22-18(25)11-23-20(27)17(33-21(23)28)9-12-8-14(24(29)30)10-16(31-2)19(12)26/h4-10,26H,3,11H2,1-2H3,(H,22,25)/b17-9+. The number of ether oxygens (including phenoxy) is 2. The summed E-state index contributed by atoms with van der Waals surface area (Å²) in [5, 5.41) is 23.3. The van der Waals surface area contributed by atoms with E-state index in [1.165, 1.54) is 7.11 Å². The van der Waals surface area contributed by atoms with Gasteiger partial charge in [0.25, 0.3) is 16.8 Å². The highest BCUT2D eigenvalue weighted by Gasteiger charge is 2.36. The summed E-state index contributed by atoms with van der Waals surface area (Å²) >= 11 is 0.549. The van der Waals surface area contributed by atoms with Crippen LogP contribution < -0.4 is 14.8 Å². The van der Waals surface area contributed by atoms with Gasteiger partial charge < -0.3 is 19.9 Å². The fourth-order valence-electron chi connectivity index (χ4n) is 2.91. The number of phenolic OH excluding ortho intramolecular Hbond substituents is 1. The number of nitro benzene ring substituents is 1. The lowest BCUT2D eigenvalue weighted by Gasteiger charge is -2.13. The summed E-state index contributed by atoms with van der Waals surface area (Å²) in [5.74, 6) is -1.32. The largest absolute Gasteiger partial charge is 0.504 e. The molecule has 11 nitrogen and oxygen atoms in total. The van der Waals surface area contributed by atoms with Gasteiger partial charge in [-0.1, -0.05) is 0 Å². The van der Waals surface area contributed by atoms with E-state index in [0.29, 0.717) is 29.8 Å². The number of hydrogen-bond acceptors (Lipinski definition) is 9. The van der Waals surface area contributed by atoms with Gasteiger partial charge >= 0.3 is 0 Å². The Kier molecular flexibility index (Phi) is 7.18. The molecule has 0 bridgehead atoms. The fourth-order valence-corrected chi connectivity index (χ4v) is 3.74. The second-order valence-electron chi connectivity index (χ2n) is 6.62. The number of benzene rings is 2. The van der Waals surface area contributed by atoms with E-state index in [1.54, 1.807) is 24.3 Å². The van der Waals surface area contributed by atoms with Crippen LogP contribution in [0.5, 0.6) is 17.2 Å². The number of nitro groups is 1. The molecule has 0 aliphatic carbocycles. The van der Waals surface area contributed by atoms with Crippen molar-refractivity contribution in [1.29, 1.82) is 0 Å². The molecule has 0 unspecified atom stereocenters. The summed E-state index contributed by atoms with van der Waals surface area (Å²) in [5.41, 5.74) is 0.00910. The molecule has 1 heterocycles. The number of methoxy groups -OCH3 is 1. The first-order valence-electron chi connectivity index (χ1n) is 9.57. The van der Waals surface area contributed by atoms with Gasteiger partial charge in [-0.05, 0) is 49.0 Å².